The summed E-state index contributed by atoms with van der Waals surface area (Å²) in [4.78, 5) is 11.0. The summed E-state index contributed by atoms with van der Waals surface area (Å²) >= 11 is 0. The van der Waals surface area contributed by atoms with Crippen LogP contribution in [0.4, 0.5) is 4.79 Å². The van der Waals surface area contributed by atoms with Crippen LogP contribution in [0.15, 0.2) is 0 Å². The number of carbonyl (C=O) groups is 1. The highest BCUT2D eigenvalue weighted by Crippen LogP contribution is 2.21. The number of carbonyl (C=O) groups excluding carboxylic acids is 1. The molecule has 0 radical (unpaired) electrons. The third kappa shape index (κ3) is 1.73. The van der Waals surface area contributed by atoms with Crippen LogP contribution in [-0.4, -0.2) is 30.0 Å². The van der Waals surface area contributed by atoms with Gasteiger partial charge in [0, 0.05) is 0 Å². The summed E-state index contributed by atoms with van der Waals surface area (Å²) < 4.78 is 30.2. The first kappa shape index (κ1) is 9.82. The molecule has 2 unspecified atom stereocenters. The molecule has 2 N–H and O–H groups in total. The van der Waals surface area contributed by atoms with Gasteiger partial charge in [0.2, 0.25) is 9.93 Å². The fourth-order valence-corrected chi connectivity index (χ4v) is 5.05. The van der Waals surface area contributed by atoms with Crippen LogP contribution in [-0.2, 0) is 19.1 Å². The van der Waals surface area contributed by atoms with Gasteiger partial charge in [0.1, 0.15) is 0 Å². The van der Waals surface area contributed by atoms with E-state index in [1.807, 2.05) is 0 Å². The standard InChI is InChI=1S/C5H9NO4S2/c1-2-4-3-6-5(7)11(4)12(8,9)10/h4H,2-3H2,1H3,(H-,6,7,8,9,10)/p+1. The van der Waals surface area contributed by atoms with Crippen molar-refractivity contribution in [3.63, 3.8) is 0 Å². The minimum Gasteiger partial charge on any atom is -0.305 e. The average Bonchev–Trinajstić information content (AvgIpc) is 2.29. The number of rotatable bonds is 2. The molecule has 1 saturated heterocycles. The molecule has 0 bridgehead atoms. The second-order valence-corrected chi connectivity index (χ2v) is 7.25. The first-order valence-electron chi connectivity index (χ1n) is 3.45. The maximum atomic E-state index is 11.0. The van der Waals surface area contributed by atoms with Crippen LogP contribution in [0.25, 0.3) is 0 Å². The van der Waals surface area contributed by atoms with Crippen molar-refractivity contribution in [2.45, 2.75) is 18.6 Å². The lowest BCUT2D eigenvalue weighted by atomic mass is 10.3. The Hall–Kier alpha value is -0.270. The van der Waals surface area contributed by atoms with Gasteiger partial charge in [0.15, 0.2) is 5.25 Å². The SMILES string of the molecule is CCC1CNC(=O)[S+]1S(=O)(=O)O. The molecule has 2 atom stereocenters. The molecule has 0 aromatic carbocycles. The summed E-state index contributed by atoms with van der Waals surface area (Å²) in [5.41, 5.74) is 0. The Labute approximate surface area is 73.0 Å². The Morgan fingerprint density at radius 1 is 1.75 bits per heavy atom. The van der Waals surface area contributed by atoms with Gasteiger partial charge in [-0.15, -0.1) is 8.42 Å². The van der Waals surface area contributed by atoms with Gasteiger partial charge >= 0.3 is 14.4 Å². The molecular formula is C5H10NO4S2+. The summed E-state index contributed by atoms with van der Waals surface area (Å²) in [7, 11) is -5.75. The van der Waals surface area contributed by atoms with Gasteiger partial charge in [-0.2, -0.15) is 0 Å². The summed E-state index contributed by atoms with van der Waals surface area (Å²) in [5, 5.41) is 1.58. The molecule has 70 valence electrons. The molecule has 0 spiro atoms. The molecule has 1 aliphatic heterocycles. The van der Waals surface area contributed by atoms with Crippen LogP contribution < -0.4 is 5.32 Å². The number of amides is 1. The maximum absolute atomic E-state index is 11.0. The van der Waals surface area contributed by atoms with E-state index in [4.69, 9.17) is 4.55 Å². The van der Waals surface area contributed by atoms with Crippen LogP contribution in [0.5, 0.6) is 0 Å². The smallest absolute Gasteiger partial charge is 0.305 e. The quantitative estimate of drug-likeness (QED) is 0.380. The topological polar surface area (TPSA) is 83.5 Å². The van der Waals surface area contributed by atoms with Crippen molar-refractivity contribution >= 4 is 24.3 Å². The number of nitrogens with one attached hydrogen (secondary N) is 1. The molecular weight excluding hydrogens is 202 g/mol. The van der Waals surface area contributed by atoms with Crippen molar-refractivity contribution in [1.29, 1.82) is 0 Å². The normalized spacial score (nSPS) is 30.3. The van der Waals surface area contributed by atoms with E-state index in [0.29, 0.717) is 13.0 Å². The van der Waals surface area contributed by atoms with E-state index in [0.717, 1.165) is 0 Å². The Morgan fingerprint density at radius 2 is 2.33 bits per heavy atom. The van der Waals surface area contributed by atoms with E-state index < -0.39 is 24.3 Å². The molecule has 0 aromatic rings. The van der Waals surface area contributed by atoms with Crippen LogP contribution in [0.2, 0.25) is 0 Å². The molecule has 0 saturated carbocycles. The second kappa shape index (κ2) is 3.23. The highest BCUT2D eigenvalue weighted by atomic mass is 33.2. The Morgan fingerprint density at radius 3 is 2.67 bits per heavy atom. The highest BCUT2D eigenvalue weighted by Gasteiger charge is 2.54. The van der Waals surface area contributed by atoms with E-state index in [9.17, 15) is 13.2 Å². The van der Waals surface area contributed by atoms with Gasteiger partial charge in [-0.25, -0.2) is 9.35 Å². The maximum Gasteiger partial charge on any atom is 0.457 e. The van der Waals surface area contributed by atoms with Crippen LogP contribution in [0.1, 0.15) is 13.3 Å². The summed E-state index contributed by atoms with van der Waals surface area (Å²) in [6.07, 6.45) is 0.571. The average molecular weight is 212 g/mol. The molecule has 0 aliphatic carbocycles. The fourth-order valence-electron chi connectivity index (χ4n) is 1.06. The van der Waals surface area contributed by atoms with Gasteiger partial charge in [-0.05, 0) is 6.42 Å². The van der Waals surface area contributed by atoms with Crippen molar-refractivity contribution < 1.29 is 17.8 Å². The lowest BCUT2D eigenvalue weighted by molar-refractivity contribution is 0.262. The van der Waals surface area contributed by atoms with Crippen LogP contribution >= 0.6 is 0 Å². The van der Waals surface area contributed by atoms with Gasteiger partial charge in [-0.1, -0.05) is 6.92 Å². The summed E-state index contributed by atoms with van der Waals surface area (Å²) in [6, 6.07) is 0. The molecule has 5 nitrogen and oxygen atoms in total. The largest absolute Gasteiger partial charge is 0.457 e. The third-order valence-corrected chi connectivity index (χ3v) is 6.34. The van der Waals surface area contributed by atoms with Gasteiger partial charge in [0.05, 0.1) is 6.54 Å². The molecule has 1 aliphatic rings. The Bertz CT molecular complexity index is 286. The predicted octanol–water partition coefficient (Wildman–Crippen LogP) is -0.0907. The first-order valence-corrected chi connectivity index (χ1v) is 6.70. The zero-order valence-corrected chi connectivity index (χ0v) is 8.11. The van der Waals surface area contributed by atoms with Crippen molar-refractivity contribution in [2.24, 2.45) is 0 Å². The molecule has 1 fully saturated rings. The number of hydrogen-bond donors (Lipinski definition) is 2. The monoisotopic (exact) mass is 212 g/mol. The zero-order valence-electron chi connectivity index (χ0n) is 6.48. The first-order chi connectivity index (χ1) is 5.46. The van der Waals surface area contributed by atoms with Crippen molar-refractivity contribution in [3.05, 3.63) is 0 Å². The van der Waals surface area contributed by atoms with E-state index in [1.54, 1.807) is 6.92 Å². The second-order valence-electron chi connectivity index (χ2n) is 2.42. The molecule has 0 aromatic heterocycles. The summed E-state index contributed by atoms with van der Waals surface area (Å²) in [5.74, 6) is 0. The van der Waals surface area contributed by atoms with Gasteiger partial charge in [0.25, 0.3) is 0 Å². The van der Waals surface area contributed by atoms with Crippen molar-refractivity contribution in [3.8, 4) is 0 Å². The molecule has 1 amide bonds. The van der Waals surface area contributed by atoms with Crippen molar-refractivity contribution in [1.82, 2.24) is 5.32 Å². The summed E-state index contributed by atoms with van der Waals surface area (Å²) in [6.45, 7) is 2.13. The fraction of sp³-hybridized carbons (Fsp3) is 0.800. The highest BCUT2D eigenvalue weighted by molar-refractivity contribution is 8.73. The van der Waals surface area contributed by atoms with E-state index >= 15 is 0 Å². The van der Waals surface area contributed by atoms with Crippen LogP contribution in [0.3, 0.4) is 0 Å². The zero-order chi connectivity index (χ0) is 9.35. The van der Waals surface area contributed by atoms with Gasteiger partial charge < -0.3 is 5.32 Å². The molecule has 7 heteroatoms. The molecule has 1 heterocycles. The van der Waals surface area contributed by atoms with E-state index in [-0.39, 0.29) is 5.25 Å². The van der Waals surface area contributed by atoms with E-state index in [2.05, 4.69) is 5.32 Å². The minimum atomic E-state index is -4.20. The molecule has 12 heavy (non-hydrogen) atoms. The Balaban J connectivity index is 2.93. The van der Waals surface area contributed by atoms with Gasteiger partial charge in [-0.3, -0.25) is 0 Å². The third-order valence-electron chi connectivity index (χ3n) is 1.64. The Kier molecular flexibility index (Phi) is 2.64. The number of hydrogen-bond acceptors (Lipinski definition) is 3. The van der Waals surface area contributed by atoms with Crippen LogP contribution in [0, 0.1) is 0 Å². The lowest BCUT2D eigenvalue weighted by Gasteiger charge is -1.99. The van der Waals surface area contributed by atoms with E-state index in [1.165, 1.54) is 0 Å². The van der Waals surface area contributed by atoms with Crippen molar-refractivity contribution in [2.75, 3.05) is 6.54 Å². The molecule has 1 rings (SSSR count). The minimum absolute atomic E-state index is 0.271. The predicted molar refractivity (Wildman–Crippen MR) is 46.4 cm³/mol. The lowest BCUT2D eigenvalue weighted by Crippen LogP contribution is -2.28.